The summed E-state index contributed by atoms with van der Waals surface area (Å²) in [5, 5.41) is 21.4. The van der Waals surface area contributed by atoms with E-state index >= 15 is 0 Å². The monoisotopic (exact) mass is 345 g/mol. The minimum atomic E-state index is -0.920. The molecule has 0 aliphatic carbocycles. The lowest BCUT2D eigenvalue weighted by molar-refractivity contribution is -0.176. The summed E-state index contributed by atoms with van der Waals surface area (Å²) < 4.78 is 28.7. The number of aliphatic hydroxyl groups excluding tert-OH is 1. The van der Waals surface area contributed by atoms with Crippen LogP contribution in [0.15, 0.2) is 5.16 Å². The largest absolute Gasteiger partial charge is 0.454 e. The number of nitrogens with zero attached hydrogens (tertiary/aromatic N) is 1. The van der Waals surface area contributed by atoms with E-state index in [1.54, 1.807) is 27.7 Å². The van der Waals surface area contributed by atoms with Crippen LogP contribution < -0.4 is 0 Å². The fraction of sp³-hybridized carbons (Fsp3) is 0.867. The number of esters is 1. The third-order valence-corrected chi connectivity index (χ3v) is 4.26. The maximum Gasteiger partial charge on any atom is 0.356 e. The van der Waals surface area contributed by atoms with Gasteiger partial charge in [0, 0.05) is 6.42 Å². The van der Waals surface area contributed by atoms with Gasteiger partial charge in [0.25, 0.3) is 0 Å². The van der Waals surface area contributed by atoms with Gasteiger partial charge >= 0.3 is 5.97 Å². The molecule has 0 radical (unpaired) electrons. The van der Waals surface area contributed by atoms with Crippen LogP contribution >= 0.6 is 0 Å². The molecular weight excluding hydrogens is 322 g/mol. The number of aliphatic hydroxyl groups is 1. The number of hydrogen-bond donors (Lipinski definition) is 2. The molecule has 0 spiro atoms. The normalized spacial score (nSPS) is 42.6. The van der Waals surface area contributed by atoms with E-state index in [0.717, 1.165) is 0 Å². The molecule has 3 aliphatic rings. The van der Waals surface area contributed by atoms with E-state index in [1.807, 2.05) is 0 Å². The van der Waals surface area contributed by atoms with Gasteiger partial charge in [-0.2, -0.15) is 0 Å². The van der Waals surface area contributed by atoms with Crippen LogP contribution in [0.2, 0.25) is 0 Å². The Morgan fingerprint density at radius 1 is 1.04 bits per heavy atom. The quantitative estimate of drug-likeness (QED) is 0.422. The van der Waals surface area contributed by atoms with Gasteiger partial charge in [-0.05, 0) is 27.7 Å². The summed E-state index contributed by atoms with van der Waals surface area (Å²) in [6.07, 6.45) is -2.99. The van der Waals surface area contributed by atoms with E-state index in [0.29, 0.717) is 0 Å². The fourth-order valence-electron chi connectivity index (χ4n) is 3.43. The zero-order valence-corrected chi connectivity index (χ0v) is 14.1. The molecule has 3 aliphatic heterocycles. The molecule has 0 bridgehead atoms. The molecular formula is C15H23NO8. The minimum Gasteiger partial charge on any atom is -0.454 e. The second-order valence-electron chi connectivity index (χ2n) is 7.08. The highest BCUT2D eigenvalue weighted by atomic mass is 16.8. The standard InChI is InChI=1S/C15H23NO8/c1-14(2)21-9(6-17)11(23-14)12-10(22-15(3,4)24-12)8-5-7(16-19)13(18)20-8/h8-12,17,19H,5-6H2,1-4H3/b16-7+/t8?,9-,10?,11-,12-/m1/s1. The first-order valence-electron chi connectivity index (χ1n) is 7.90. The van der Waals surface area contributed by atoms with Crippen LogP contribution in [0.5, 0.6) is 0 Å². The van der Waals surface area contributed by atoms with Crippen LogP contribution in [0.4, 0.5) is 0 Å². The Morgan fingerprint density at radius 3 is 2.21 bits per heavy atom. The van der Waals surface area contributed by atoms with Gasteiger partial charge in [-0.1, -0.05) is 5.16 Å². The van der Waals surface area contributed by atoms with Gasteiger partial charge in [0.2, 0.25) is 0 Å². The van der Waals surface area contributed by atoms with Crippen LogP contribution in [-0.4, -0.2) is 70.7 Å². The molecule has 3 fully saturated rings. The predicted octanol–water partition coefficient (Wildman–Crippen LogP) is 0.165. The van der Waals surface area contributed by atoms with Crippen molar-refractivity contribution in [3.05, 3.63) is 0 Å². The fourth-order valence-corrected chi connectivity index (χ4v) is 3.43. The lowest BCUT2D eigenvalue weighted by atomic mass is 9.98. The minimum absolute atomic E-state index is 0.0605. The number of cyclic esters (lactones) is 1. The number of oxime groups is 1. The van der Waals surface area contributed by atoms with Crippen molar-refractivity contribution in [3.8, 4) is 0 Å². The van der Waals surface area contributed by atoms with Crippen molar-refractivity contribution in [2.24, 2.45) is 5.16 Å². The van der Waals surface area contributed by atoms with Crippen molar-refractivity contribution < 1.29 is 38.8 Å². The summed E-state index contributed by atoms with van der Waals surface area (Å²) in [5.41, 5.74) is -0.0605. The van der Waals surface area contributed by atoms with Crippen LogP contribution in [-0.2, 0) is 28.5 Å². The molecule has 5 atom stereocenters. The van der Waals surface area contributed by atoms with Crippen molar-refractivity contribution in [2.75, 3.05) is 6.61 Å². The summed E-state index contributed by atoms with van der Waals surface area (Å²) in [6, 6.07) is 0. The molecule has 3 rings (SSSR count). The molecule has 3 heterocycles. The molecule has 136 valence electrons. The predicted molar refractivity (Wildman–Crippen MR) is 78.5 cm³/mol. The molecule has 3 saturated heterocycles. The topological polar surface area (TPSA) is 116 Å². The molecule has 9 heteroatoms. The van der Waals surface area contributed by atoms with Crippen molar-refractivity contribution in [3.63, 3.8) is 0 Å². The Labute approximate surface area is 139 Å². The van der Waals surface area contributed by atoms with Crippen LogP contribution in [0.3, 0.4) is 0 Å². The van der Waals surface area contributed by atoms with Gasteiger partial charge in [0.05, 0.1) is 6.61 Å². The van der Waals surface area contributed by atoms with E-state index in [9.17, 15) is 9.90 Å². The highest BCUT2D eigenvalue weighted by Gasteiger charge is 2.57. The lowest BCUT2D eigenvalue weighted by Crippen LogP contribution is -2.47. The second kappa shape index (κ2) is 5.92. The van der Waals surface area contributed by atoms with Crippen molar-refractivity contribution >= 4 is 11.7 Å². The number of ether oxygens (including phenoxy) is 5. The van der Waals surface area contributed by atoms with E-state index < -0.39 is 48.1 Å². The lowest BCUT2D eigenvalue weighted by Gasteiger charge is -2.27. The van der Waals surface area contributed by atoms with E-state index in [4.69, 9.17) is 28.9 Å². The van der Waals surface area contributed by atoms with Gasteiger partial charge in [-0.3, -0.25) is 0 Å². The first kappa shape index (κ1) is 17.6. The van der Waals surface area contributed by atoms with E-state index in [-0.39, 0.29) is 18.7 Å². The molecule has 0 aromatic heterocycles. The zero-order valence-electron chi connectivity index (χ0n) is 14.1. The first-order chi connectivity index (χ1) is 11.2. The Kier molecular flexibility index (Phi) is 4.33. The van der Waals surface area contributed by atoms with Gasteiger partial charge in [-0.15, -0.1) is 0 Å². The Bertz CT molecular complexity index is 546. The molecule has 24 heavy (non-hydrogen) atoms. The summed E-state index contributed by atoms with van der Waals surface area (Å²) in [5.74, 6) is -2.48. The van der Waals surface area contributed by atoms with Crippen molar-refractivity contribution in [1.82, 2.24) is 0 Å². The maximum absolute atomic E-state index is 11.7. The van der Waals surface area contributed by atoms with Crippen molar-refractivity contribution in [1.29, 1.82) is 0 Å². The van der Waals surface area contributed by atoms with Gasteiger partial charge in [0.1, 0.15) is 30.5 Å². The van der Waals surface area contributed by atoms with Crippen LogP contribution in [0.25, 0.3) is 0 Å². The Morgan fingerprint density at radius 2 is 1.62 bits per heavy atom. The molecule has 0 saturated carbocycles. The Hall–Kier alpha value is -1.26. The van der Waals surface area contributed by atoms with Gasteiger partial charge < -0.3 is 34.0 Å². The average molecular weight is 345 g/mol. The highest BCUT2D eigenvalue weighted by molar-refractivity contribution is 6.38. The summed E-state index contributed by atoms with van der Waals surface area (Å²) in [4.78, 5) is 11.7. The third-order valence-electron chi connectivity index (χ3n) is 4.26. The SMILES string of the molecule is CC1(C)OC(C2C/C(=N\O)C(=O)O2)[C@H]([C@@H]2OC(C)(C)O[C@@H]2CO)O1. The average Bonchev–Trinajstić information content (AvgIpc) is 3.11. The molecule has 0 aromatic carbocycles. The highest BCUT2D eigenvalue weighted by Crippen LogP contribution is 2.41. The molecule has 0 aromatic rings. The molecule has 2 N–H and O–H groups in total. The molecule has 0 amide bonds. The summed E-state index contributed by atoms with van der Waals surface area (Å²) in [7, 11) is 0. The number of carbonyl (C=O) groups excluding carboxylic acids is 1. The first-order valence-corrected chi connectivity index (χ1v) is 7.90. The molecule has 2 unspecified atom stereocenters. The second-order valence-corrected chi connectivity index (χ2v) is 7.08. The van der Waals surface area contributed by atoms with Crippen LogP contribution in [0, 0.1) is 0 Å². The number of hydrogen-bond acceptors (Lipinski definition) is 9. The van der Waals surface area contributed by atoms with Gasteiger partial charge in [0.15, 0.2) is 17.3 Å². The zero-order chi connectivity index (χ0) is 17.7. The molecule has 9 nitrogen and oxygen atoms in total. The summed E-state index contributed by atoms with van der Waals surface area (Å²) >= 11 is 0. The third kappa shape index (κ3) is 3.14. The van der Waals surface area contributed by atoms with Crippen molar-refractivity contribution in [2.45, 2.75) is 76.2 Å². The Balaban J connectivity index is 1.84. The van der Waals surface area contributed by atoms with Gasteiger partial charge in [-0.25, -0.2) is 4.79 Å². The smallest absolute Gasteiger partial charge is 0.356 e. The van der Waals surface area contributed by atoms with E-state index in [1.165, 1.54) is 0 Å². The van der Waals surface area contributed by atoms with Crippen LogP contribution in [0.1, 0.15) is 34.1 Å². The number of carbonyl (C=O) groups is 1. The summed E-state index contributed by atoms with van der Waals surface area (Å²) in [6.45, 7) is 6.74. The van der Waals surface area contributed by atoms with E-state index in [2.05, 4.69) is 5.16 Å². The number of rotatable bonds is 3. The maximum atomic E-state index is 11.7.